The molecule has 5 nitrogen and oxygen atoms in total. The first-order chi connectivity index (χ1) is 9.92. The van der Waals surface area contributed by atoms with E-state index in [9.17, 15) is 4.79 Å². The number of carbonyl (C=O) groups is 1. The highest BCUT2D eigenvalue weighted by Gasteiger charge is 2.16. The molecule has 0 bridgehead atoms. The first kappa shape index (κ1) is 15.1. The molecule has 6 heteroatoms. The van der Waals surface area contributed by atoms with Crippen molar-refractivity contribution in [3.8, 4) is 11.6 Å². The molecule has 2 aromatic rings. The van der Waals surface area contributed by atoms with Crippen molar-refractivity contribution in [1.29, 1.82) is 0 Å². The van der Waals surface area contributed by atoms with Crippen LogP contribution in [0.1, 0.15) is 21.5 Å². The highest BCUT2D eigenvalue weighted by molar-refractivity contribution is 6.32. The van der Waals surface area contributed by atoms with E-state index >= 15 is 0 Å². The topological polar surface area (TPSA) is 74.4 Å². The number of benzene rings is 1. The summed E-state index contributed by atoms with van der Waals surface area (Å²) in [6.45, 7) is 3.75. The molecule has 0 saturated carbocycles. The van der Waals surface area contributed by atoms with Crippen molar-refractivity contribution in [3.05, 3.63) is 46.1 Å². The number of nitrogens with two attached hydrogens (primary N) is 1. The van der Waals surface area contributed by atoms with Gasteiger partial charge in [-0.25, -0.2) is 9.78 Å². The summed E-state index contributed by atoms with van der Waals surface area (Å²) in [5.74, 6) is 0.112. The number of nitrogen functional groups attached to an aromatic ring is 1. The summed E-state index contributed by atoms with van der Waals surface area (Å²) in [6, 6.07) is 5.01. The molecule has 0 amide bonds. The number of nitrogens with zero attached hydrogens (tertiary/aromatic N) is 1. The van der Waals surface area contributed by atoms with E-state index in [0.29, 0.717) is 16.5 Å². The minimum absolute atomic E-state index is 0.136. The molecule has 1 heterocycles. The number of aryl methyl sites for hydroxylation is 2. The van der Waals surface area contributed by atoms with E-state index in [4.69, 9.17) is 26.8 Å². The van der Waals surface area contributed by atoms with Crippen LogP contribution in [0.2, 0.25) is 5.02 Å². The van der Waals surface area contributed by atoms with E-state index in [-0.39, 0.29) is 11.4 Å². The summed E-state index contributed by atoms with van der Waals surface area (Å²) >= 11 is 6.12. The van der Waals surface area contributed by atoms with E-state index in [1.165, 1.54) is 19.4 Å². The lowest BCUT2D eigenvalue weighted by Gasteiger charge is -2.11. The Balaban J connectivity index is 2.42. The zero-order valence-electron chi connectivity index (χ0n) is 11.9. The smallest absolute Gasteiger partial charge is 0.343 e. The van der Waals surface area contributed by atoms with Gasteiger partial charge in [0.25, 0.3) is 0 Å². The zero-order valence-corrected chi connectivity index (χ0v) is 12.7. The van der Waals surface area contributed by atoms with E-state index in [2.05, 4.69) is 4.98 Å². The summed E-state index contributed by atoms with van der Waals surface area (Å²) in [5, 5.41) is 0.681. The molecule has 1 aromatic heterocycles. The third-order valence-electron chi connectivity index (χ3n) is 2.90. The summed E-state index contributed by atoms with van der Waals surface area (Å²) in [6.07, 6.45) is 1.41. The summed E-state index contributed by atoms with van der Waals surface area (Å²) in [4.78, 5) is 15.8. The molecule has 0 atom stereocenters. The number of halogens is 1. The van der Waals surface area contributed by atoms with Gasteiger partial charge in [0.2, 0.25) is 5.88 Å². The average Bonchev–Trinajstić information content (AvgIpc) is 2.45. The number of rotatable bonds is 3. The second kappa shape index (κ2) is 6.01. The van der Waals surface area contributed by atoms with Crippen LogP contribution in [0, 0.1) is 13.8 Å². The fourth-order valence-electron chi connectivity index (χ4n) is 1.88. The van der Waals surface area contributed by atoms with Crippen LogP contribution >= 0.6 is 11.6 Å². The quantitative estimate of drug-likeness (QED) is 0.878. The minimum atomic E-state index is -0.563. The van der Waals surface area contributed by atoms with Gasteiger partial charge in [-0.2, -0.15) is 0 Å². The molecule has 2 rings (SSSR count). The lowest BCUT2D eigenvalue weighted by atomic mass is 10.1. The minimum Gasteiger partial charge on any atom is -0.465 e. The van der Waals surface area contributed by atoms with Gasteiger partial charge in [-0.1, -0.05) is 11.6 Å². The third-order valence-corrected chi connectivity index (χ3v) is 3.50. The third kappa shape index (κ3) is 3.25. The van der Waals surface area contributed by atoms with Crippen molar-refractivity contribution in [2.45, 2.75) is 13.8 Å². The normalized spacial score (nSPS) is 10.3. The van der Waals surface area contributed by atoms with Crippen molar-refractivity contribution in [1.82, 2.24) is 4.98 Å². The highest BCUT2D eigenvalue weighted by Crippen LogP contribution is 2.30. The fraction of sp³-hybridized carbons (Fsp3) is 0.200. The van der Waals surface area contributed by atoms with Crippen LogP contribution in [0.25, 0.3) is 0 Å². The molecule has 0 aliphatic carbocycles. The predicted octanol–water partition coefficient (Wildman–Crippen LogP) is 3.51. The predicted molar refractivity (Wildman–Crippen MR) is 81.0 cm³/mol. The summed E-state index contributed by atoms with van der Waals surface area (Å²) < 4.78 is 10.4. The Morgan fingerprint density at radius 2 is 1.86 bits per heavy atom. The highest BCUT2D eigenvalue weighted by atomic mass is 35.5. The van der Waals surface area contributed by atoms with E-state index in [1.807, 2.05) is 13.8 Å². The Kier molecular flexibility index (Phi) is 4.33. The number of carbonyl (C=O) groups excluding carboxylic acids is 1. The van der Waals surface area contributed by atoms with Gasteiger partial charge in [0, 0.05) is 5.02 Å². The molecule has 0 aliphatic rings. The van der Waals surface area contributed by atoms with Crippen LogP contribution in [0.5, 0.6) is 11.6 Å². The molecule has 0 fully saturated rings. The van der Waals surface area contributed by atoms with Crippen molar-refractivity contribution in [2.24, 2.45) is 0 Å². The lowest BCUT2D eigenvalue weighted by Crippen LogP contribution is -2.06. The number of esters is 1. The van der Waals surface area contributed by atoms with Gasteiger partial charge in [0.05, 0.1) is 19.0 Å². The Bertz CT molecular complexity index is 678. The Morgan fingerprint density at radius 1 is 1.24 bits per heavy atom. The van der Waals surface area contributed by atoms with Crippen molar-refractivity contribution in [3.63, 3.8) is 0 Å². The van der Waals surface area contributed by atoms with Gasteiger partial charge >= 0.3 is 5.97 Å². The molecule has 0 aliphatic heterocycles. The van der Waals surface area contributed by atoms with Crippen LogP contribution < -0.4 is 10.5 Å². The Morgan fingerprint density at radius 3 is 2.43 bits per heavy atom. The number of hydrogen-bond donors (Lipinski definition) is 1. The van der Waals surface area contributed by atoms with Crippen LogP contribution in [0.4, 0.5) is 5.69 Å². The monoisotopic (exact) mass is 306 g/mol. The number of hydrogen-bond acceptors (Lipinski definition) is 5. The second-order valence-electron chi connectivity index (χ2n) is 4.59. The van der Waals surface area contributed by atoms with Crippen molar-refractivity contribution >= 4 is 23.3 Å². The number of ether oxygens (including phenoxy) is 2. The van der Waals surface area contributed by atoms with Gasteiger partial charge < -0.3 is 15.2 Å². The molecule has 0 radical (unpaired) electrons. The van der Waals surface area contributed by atoms with Gasteiger partial charge in [0.1, 0.15) is 11.3 Å². The molecule has 0 spiro atoms. The molecule has 2 N–H and O–H groups in total. The van der Waals surface area contributed by atoms with E-state index in [1.54, 1.807) is 12.1 Å². The Labute approximate surface area is 127 Å². The summed E-state index contributed by atoms with van der Waals surface area (Å²) in [7, 11) is 1.28. The molecule has 110 valence electrons. The standard InChI is InChI=1S/C15H15ClN2O3/c1-8-4-11(5-9(2)13(8)16)21-14-12(15(19)20-3)6-10(17)7-18-14/h4-7H,17H2,1-3H3. The van der Waals surface area contributed by atoms with Gasteiger partial charge in [0.15, 0.2) is 0 Å². The van der Waals surface area contributed by atoms with Gasteiger partial charge in [-0.15, -0.1) is 0 Å². The second-order valence-corrected chi connectivity index (χ2v) is 4.96. The first-order valence-electron chi connectivity index (χ1n) is 6.20. The van der Waals surface area contributed by atoms with E-state index in [0.717, 1.165) is 11.1 Å². The van der Waals surface area contributed by atoms with Crippen LogP contribution in [0.3, 0.4) is 0 Å². The molecule has 21 heavy (non-hydrogen) atoms. The zero-order chi connectivity index (χ0) is 15.6. The molecule has 0 unspecified atom stereocenters. The molecular formula is C15H15ClN2O3. The van der Waals surface area contributed by atoms with Crippen LogP contribution in [-0.4, -0.2) is 18.1 Å². The number of anilines is 1. The lowest BCUT2D eigenvalue weighted by molar-refractivity contribution is 0.0597. The first-order valence-corrected chi connectivity index (χ1v) is 6.58. The maximum Gasteiger partial charge on any atom is 0.343 e. The van der Waals surface area contributed by atoms with Crippen molar-refractivity contribution < 1.29 is 14.3 Å². The fourth-order valence-corrected chi connectivity index (χ4v) is 1.99. The van der Waals surface area contributed by atoms with Gasteiger partial charge in [-0.05, 0) is 43.2 Å². The average molecular weight is 307 g/mol. The Hall–Kier alpha value is -2.27. The number of methoxy groups -OCH3 is 1. The number of aromatic nitrogens is 1. The largest absolute Gasteiger partial charge is 0.465 e. The summed E-state index contributed by atoms with van der Waals surface area (Å²) in [5.41, 5.74) is 7.91. The van der Waals surface area contributed by atoms with Crippen LogP contribution in [-0.2, 0) is 4.74 Å². The maximum absolute atomic E-state index is 11.7. The molecular weight excluding hydrogens is 292 g/mol. The van der Waals surface area contributed by atoms with Crippen LogP contribution in [0.15, 0.2) is 24.4 Å². The van der Waals surface area contributed by atoms with Crippen molar-refractivity contribution in [2.75, 3.05) is 12.8 Å². The van der Waals surface area contributed by atoms with Gasteiger partial charge in [-0.3, -0.25) is 0 Å². The molecule has 0 saturated heterocycles. The SMILES string of the molecule is COC(=O)c1cc(N)cnc1Oc1cc(C)c(Cl)c(C)c1. The molecule has 1 aromatic carbocycles. The van der Waals surface area contributed by atoms with E-state index < -0.39 is 5.97 Å². The number of pyridine rings is 1. The maximum atomic E-state index is 11.7.